The van der Waals surface area contributed by atoms with Crippen molar-refractivity contribution in [2.24, 2.45) is 0 Å². The standard InChI is InChI=1S/C27H25ClN4O5S2/c1-19-5-11-25(12-6-19)39(36,37)32(23-10-7-20(2)26(28)16-23)18-27(33)30-21-8-13-24(14-9-21)38(34,35)31-22-4-3-15-29-17-22/h3-17,31H,18H2,1-2H3,(H,30,33). The van der Waals surface area contributed by atoms with E-state index in [1.807, 2.05) is 6.92 Å². The first-order valence-corrected chi connectivity index (χ1v) is 14.9. The Morgan fingerprint density at radius 1 is 0.872 bits per heavy atom. The van der Waals surface area contributed by atoms with Gasteiger partial charge in [0.05, 0.1) is 27.4 Å². The molecule has 0 aliphatic rings. The number of pyridine rings is 1. The van der Waals surface area contributed by atoms with Crippen LogP contribution in [0.4, 0.5) is 17.1 Å². The second kappa shape index (κ2) is 11.4. The lowest BCUT2D eigenvalue weighted by atomic mass is 10.2. The highest BCUT2D eigenvalue weighted by Gasteiger charge is 2.28. The maximum absolute atomic E-state index is 13.6. The lowest BCUT2D eigenvalue weighted by Crippen LogP contribution is -2.38. The second-order valence-electron chi connectivity index (χ2n) is 8.68. The van der Waals surface area contributed by atoms with Gasteiger partial charge in [0.1, 0.15) is 6.54 Å². The van der Waals surface area contributed by atoms with Crippen LogP contribution in [0.2, 0.25) is 5.02 Å². The van der Waals surface area contributed by atoms with Crippen LogP contribution in [0.3, 0.4) is 0 Å². The number of rotatable bonds is 9. The fourth-order valence-electron chi connectivity index (χ4n) is 3.57. The van der Waals surface area contributed by atoms with Gasteiger partial charge in [0.2, 0.25) is 5.91 Å². The average Bonchev–Trinajstić information content (AvgIpc) is 2.90. The maximum Gasteiger partial charge on any atom is 0.264 e. The van der Waals surface area contributed by atoms with Gasteiger partial charge in [-0.25, -0.2) is 16.8 Å². The molecule has 0 bridgehead atoms. The molecule has 0 radical (unpaired) electrons. The molecule has 1 amide bonds. The quantitative estimate of drug-likeness (QED) is 0.286. The molecule has 4 aromatic rings. The number of amides is 1. The lowest BCUT2D eigenvalue weighted by Gasteiger charge is -2.24. The normalized spacial score (nSPS) is 11.6. The number of anilines is 3. The number of nitrogens with zero attached hydrogens (tertiary/aromatic N) is 2. The van der Waals surface area contributed by atoms with E-state index in [4.69, 9.17) is 11.6 Å². The van der Waals surface area contributed by atoms with Gasteiger partial charge in [0, 0.05) is 16.9 Å². The van der Waals surface area contributed by atoms with Gasteiger partial charge in [-0.15, -0.1) is 0 Å². The van der Waals surface area contributed by atoms with E-state index in [0.29, 0.717) is 10.7 Å². The van der Waals surface area contributed by atoms with Crippen molar-refractivity contribution < 1.29 is 21.6 Å². The highest BCUT2D eigenvalue weighted by Crippen LogP contribution is 2.28. The van der Waals surface area contributed by atoms with Gasteiger partial charge in [0.25, 0.3) is 20.0 Å². The Kier molecular flexibility index (Phi) is 8.24. The summed E-state index contributed by atoms with van der Waals surface area (Å²) in [6.07, 6.45) is 2.90. The minimum absolute atomic E-state index is 0.0215. The molecular formula is C27H25ClN4O5S2. The molecule has 202 valence electrons. The van der Waals surface area contributed by atoms with Gasteiger partial charge in [0.15, 0.2) is 0 Å². The molecule has 0 aliphatic heterocycles. The summed E-state index contributed by atoms with van der Waals surface area (Å²) < 4.78 is 55.8. The third-order valence-electron chi connectivity index (χ3n) is 5.70. The van der Waals surface area contributed by atoms with Crippen LogP contribution in [0.1, 0.15) is 11.1 Å². The number of aryl methyl sites for hydroxylation is 2. The molecule has 12 heteroatoms. The minimum Gasteiger partial charge on any atom is -0.325 e. The fraction of sp³-hybridized carbons (Fsp3) is 0.111. The summed E-state index contributed by atoms with van der Waals surface area (Å²) in [6, 6.07) is 19.7. The van der Waals surface area contributed by atoms with Crippen LogP contribution in [0.25, 0.3) is 0 Å². The van der Waals surface area contributed by atoms with Crippen LogP contribution < -0.4 is 14.3 Å². The van der Waals surface area contributed by atoms with E-state index in [0.717, 1.165) is 15.4 Å². The van der Waals surface area contributed by atoms with Crippen molar-refractivity contribution in [1.29, 1.82) is 0 Å². The highest BCUT2D eigenvalue weighted by molar-refractivity contribution is 7.93. The van der Waals surface area contributed by atoms with Gasteiger partial charge < -0.3 is 5.32 Å². The van der Waals surface area contributed by atoms with E-state index >= 15 is 0 Å². The van der Waals surface area contributed by atoms with Gasteiger partial charge in [-0.1, -0.05) is 35.4 Å². The fourth-order valence-corrected chi connectivity index (χ4v) is 6.21. The third kappa shape index (κ3) is 6.75. The zero-order valence-electron chi connectivity index (χ0n) is 21.0. The summed E-state index contributed by atoms with van der Waals surface area (Å²) in [7, 11) is -8.00. The molecule has 0 aliphatic carbocycles. The number of aromatic nitrogens is 1. The van der Waals surface area contributed by atoms with E-state index in [2.05, 4.69) is 15.0 Å². The van der Waals surface area contributed by atoms with Crippen molar-refractivity contribution >= 4 is 54.6 Å². The van der Waals surface area contributed by atoms with E-state index in [-0.39, 0.29) is 21.2 Å². The van der Waals surface area contributed by atoms with Gasteiger partial charge in [-0.2, -0.15) is 0 Å². The van der Waals surface area contributed by atoms with Crippen LogP contribution in [-0.2, 0) is 24.8 Å². The SMILES string of the molecule is Cc1ccc(S(=O)(=O)N(CC(=O)Nc2ccc(S(=O)(=O)Nc3cccnc3)cc2)c2ccc(C)c(Cl)c2)cc1. The van der Waals surface area contributed by atoms with Gasteiger partial charge in [-0.3, -0.25) is 18.8 Å². The van der Waals surface area contributed by atoms with Gasteiger partial charge in [-0.05, 0) is 80.1 Å². The average molecular weight is 585 g/mol. The molecule has 0 atom stereocenters. The molecule has 4 rings (SSSR count). The molecule has 0 saturated heterocycles. The van der Waals surface area contributed by atoms with Crippen LogP contribution in [0, 0.1) is 13.8 Å². The first-order valence-electron chi connectivity index (χ1n) is 11.6. The van der Waals surface area contributed by atoms with Crippen LogP contribution in [0.15, 0.2) is 101 Å². The Bertz CT molecular complexity index is 1700. The number of nitrogens with one attached hydrogen (secondary N) is 2. The predicted molar refractivity (Wildman–Crippen MR) is 152 cm³/mol. The smallest absolute Gasteiger partial charge is 0.264 e. The molecular weight excluding hydrogens is 560 g/mol. The molecule has 0 spiro atoms. The molecule has 0 unspecified atom stereocenters. The zero-order valence-corrected chi connectivity index (χ0v) is 23.4. The summed E-state index contributed by atoms with van der Waals surface area (Å²) in [5, 5.41) is 2.98. The Labute approximate surface area is 232 Å². The third-order valence-corrected chi connectivity index (χ3v) is 9.29. The summed E-state index contributed by atoms with van der Waals surface area (Å²) in [5.74, 6) is -0.633. The van der Waals surface area contributed by atoms with E-state index in [9.17, 15) is 21.6 Å². The predicted octanol–water partition coefficient (Wildman–Crippen LogP) is 4.99. The van der Waals surface area contributed by atoms with E-state index in [1.54, 1.807) is 43.3 Å². The first-order chi connectivity index (χ1) is 18.5. The van der Waals surface area contributed by atoms with Gasteiger partial charge >= 0.3 is 0 Å². The summed E-state index contributed by atoms with van der Waals surface area (Å²) in [5.41, 5.74) is 2.46. The van der Waals surface area contributed by atoms with Crippen molar-refractivity contribution in [3.8, 4) is 0 Å². The Balaban J connectivity index is 1.55. The summed E-state index contributed by atoms with van der Waals surface area (Å²) in [4.78, 5) is 16.9. The Morgan fingerprint density at radius 2 is 1.54 bits per heavy atom. The number of benzene rings is 3. The number of hydrogen-bond acceptors (Lipinski definition) is 6. The van der Waals surface area contributed by atoms with E-state index < -0.39 is 32.5 Å². The molecule has 0 fully saturated rings. The molecule has 1 heterocycles. The Hall–Kier alpha value is -3.93. The number of sulfonamides is 2. The monoisotopic (exact) mass is 584 g/mol. The summed E-state index contributed by atoms with van der Waals surface area (Å²) in [6.45, 7) is 3.08. The number of hydrogen-bond donors (Lipinski definition) is 2. The van der Waals surface area contributed by atoms with Crippen molar-refractivity contribution in [2.75, 3.05) is 20.9 Å². The van der Waals surface area contributed by atoms with Crippen molar-refractivity contribution in [3.05, 3.63) is 107 Å². The molecule has 2 N–H and O–H groups in total. The Morgan fingerprint density at radius 3 is 2.15 bits per heavy atom. The number of halogens is 1. The van der Waals surface area contributed by atoms with E-state index in [1.165, 1.54) is 54.9 Å². The second-order valence-corrected chi connectivity index (χ2v) is 12.6. The summed E-state index contributed by atoms with van der Waals surface area (Å²) >= 11 is 6.26. The van der Waals surface area contributed by atoms with Crippen molar-refractivity contribution in [1.82, 2.24) is 4.98 Å². The zero-order chi connectivity index (χ0) is 28.2. The molecule has 0 saturated carbocycles. The van der Waals surface area contributed by atoms with Crippen molar-refractivity contribution in [2.45, 2.75) is 23.6 Å². The molecule has 39 heavy (non-hydrogen) atoms. The number of carbonyl (C=O) groups excluding carboxylic acids is 1. The van der Waals surface area contributed by atoms with Crippen molar-refractivity contribution in [3.63, 3.8) is 0 Å². The van der Waals surface area contributed by atoms with Crippen LogP contribution in [0.5, 0.6) is 0 Å². The molecule has 3 aromatic carbocycles. The number of carbonyl (C=O) groups is 1. The topological polar surface area (TPSA) is 126 Å². The lowest BCUT2D eigenvalue weighted by molar-refractivity contribution is -0.114. The minimum atomic E-state index is -4.12. The molecule has 9 nitrogen and oxygen atoms in total. The molecule has 1 aromatic heterocycles. The van der Waals surface area contributed by atoms with Crippen LogP contribution >= 0.6 is 11.6 Å². The maximum atomic E-state index is 13.6. The first kappa shape index (κ1) is 28.1. The highest BCUT2D eigenvalue weighted by atomic mass is 35.5. The largest absolute Gasteiger partial charge is 0.325 e. The van der Waals surface area contributed by atoms with Crippen LogP contribution in [-0.4, -0.2) is 34.3 Å².